The van der Waals surface area contributed by atoms with E-state index in [0.29, 0.717) is 17.5 Å². The van der Waals surface area contributed by atoms with Gasteiger partial charge in [0.15, 0.2) is 0 Å². The predicted octanol–water partition coefficient (Wildman–Crippen LogP) is 3.08. The molecule has 2 fully saturated rings. The van der Waals surface area contributed by atoms with Crippen molar-refractivity contribution in [2.75, 3.05) is 6.61 Å². The van der Waals surface area contributed by atoms with Crippen LogP contribution >= 0.6 is 0 Å². The molecule has 44 heavy (non-hydrogen) atoms. The number of aliphatic hydroxyl groups excluding tert-OH is 1. The Morgan fingerprint density at radius 2 is 1.16 bits per heavy atom. The molecule has 0 saturated carbocycles. The van der Waals surface area contributed by atoms with E-state index in [9.17, 15) is 24.3 Å². The van der Waals surface area contributed by atoms with Crippen molar-refractivity contribution in [1.29, 1.82) is 0 Å². The molecule has 3 N–H and O–H groups in total. The molecule has 4 heterocycles. The Labute approximate surface area is 252 Å². The predicted molar refractivity (Wildman–Crippen MR) is 160 cm³/mol. The standard InChI is InChI=1S/C14H21N5O3.C13H19N5O4/c1-5-14(6-2)9(4)10(17-18-15)12(22-14)19-7-8(3)11(20)16-13(19)21;1-4-13(6-19)8(3)9(16-17-14)11(22-13)18-5-7(2)10(20)15-12(18)21/h7,9-10,12H,5-6H2,1-4H3,(H,16,20,21);5,8-9,11,19H,4,6H2,1-3H3,(H,15,20,21)/t9?,10-,12+;8?,9-,11+,13-/m00/s1. The van der Waals surface area contributed by atoms with Crippen molar-refractivity contribution in [2.45, 2.75) is 103 Å². The fraction of sp³-hybridized carbons (Fsp3) is 0.704. The first-order valence-electron chi connectivity index (χ1n) is 14.5. The van der Waals surface area contributed by atoms with Gasteiger partial charge in [0.05, 0.1) is 29.9 Å². The Balaban J connectivity index is 0.000000240. The zero-order chi connectivity index (χ0) is 33.0. The van der Waals surface area contributed by atoms with Crippen LogP contribution in [0.1, 0.15) is 77.5 Å². The lowest BCUT2D eigenvalue weighted by Gasteiger charge is -2.31. The average Bonchev–Trinajstić information content (AvgIpc) is 3.44. The fourth-order valence-corrected chi connectivity index (χ4v) is 6.14. The number of rotatable bonds is 8. The van der Waals surface area contributed by atoms with Gasteiger partial charge in [-0.15, -0.1) is 0 Å². The zero-order valence-electron chi connectivity index (χ0n) is 25.9. The van der Waals surface area contributed by atoms with Gasteiger partial charge in [-0.1, -0.05) is 44.8 Å². The van der Waals surface area contributed by atoms with Crippen molar-refractivity contribution in [3.05, 3.63) is 86.1 Å². The summed E-state index contributed by atoms with van der Waals surface area (Å²) >= 11 is 0. The molecule has 2 saturated heterocycles. The van der Waals surface area contributed by atoms with Crippen molar-refractivity contribution in [3.8, 4) is 0 Å². The minimum Gasteiger partial charge on any atom is -0.393 e. The van der Waals surface area contributed by atoms with E-state index in [0.717, 1.165) is 12.8 Å². The Kier molecular flexibility index (Phi) is 10.7. The molecular formula is C27H40N10O7. The second-order valence-electron chi connectivity index (χ2n) is 11.3. The molecule has 0 amide bonds. The molecule has 2 aromatic heterocycles. The van der Waals surface area contributed by atoms with Gasteiger partial charge >= 0.3 is 11.4 Å². The van der Waals surface area contributed by atoms with Gasteiger partial charge in [0.1, 0.15) is 12.5 Å². The van der Waals surface area contributed by atoms with Crippen LogP contribution in [-0.2, 0) is 9.47 Å². The lowest BCUT2D eigenvalue weighted by Crippen LogP contribution is -2.39. The molecule has 17 nitrogen and oxygen atoms in total. The van der Waals surface area contributed by atoms with E-state index in [1.54, 1.807) is 13.8 Å². The molecule has 7 atom stereocenters. The first-order valence-corrected chi connectivity index (χ1v) is 14.5. The van der Waals surface area contributed by atoms with Crippen molar-refractivity contribution in [1.82, 2.24) is 19.1 Å². The van der Waals surface area contributed by atoms with Gasteiger partial charge in [-0.3, -0.25) is 28.7 Å². The highest BCUT2D eigenvalue weighted by Crippen LogP contribution is 2.47. The molecule has 0 bridgehead atoms. The number of azide groups is 2. The van der Waals surface area contributed by atoms with Gasteiger partial charge in [0, 0.05) is 39.3 Å². The van der Waals surface area contributed by atoms with Gasteiger partial charge in [-0.2, -0.15) is 0 Å². The highest BCUT2D eigenvalue weighted by Gasteiger charge is 2.53. The van der Waals surface area contributed by atoms with Gasteiger partial charge in [-0.05, 0) is 50.1 Å². The van der Waals surface area contributed by atoms with Crippen LogP contribution in [0.5, 0.6) is 0 Å². The normalized spacial score (nSPS) is 28.8. The molecule has 0 aliphatic carbocycles. The van der Waals surface area contributed by atoms with Crippen LogP contribution in [0.3, 0.4) is 0 Å². The van der Waals surface area contributed by atoms with Crippen LogP contribution in [0.4, 0.5) is 0 Å². The summed E-state index contributed by atoms with van der Waals surface area (Å²) in [4.78, 5) is 57.4. The van der Waals surface area contributed by atoms with Crippen LogP contribution in [0.15, 0.2) is 41.8 Å². The summed E-state index contributed by atoms with van der Waals surface area (Å²) in [6.07, 6.45) is 3.23. The summed E-state index contributed by atoms with van der Waals surface area (Å²) in [5, 5.41) is 17.3. The third-order valence-electron chi connectivity index (χ3n) is 9.25. The number of nitrogens with zero attached hydrogens (tertiary/aromatic N) is 8. The SMILES string of the molecule is CCC1(CC)O[C@@H](n2cc(C)c(=O)[nH]c2=O)[C@@H](N=[N+]=[N-])C1C.CC[C@@]1(CO)O[C@@H](n2cc(C)c(=O)[nH]c2=O)[C@@H](N=[N+]=[N-])C1C. The molecule has 2 aromatic rings. The molecule has 0 aromatic carbocycles. The first-order chi connectivity index (χ1) is 20.8. The van der Waals surface area contributed by atoms with E-state index < -0.39 is 58.2 Å². The molecular weight excluding hydrogens is 576 g/mol. The number of aryl methyl sites for hydroxylation is 2. The van der Waals surface area contributed by atoms with E-state index in [2.05, 4.69) is 30.0 Å². The second-order valence-corrected chi connectivity index (χ2v) is 11.3. The minimum absolute atomic E-state index is 0.0393. The fourth-order valence-electron chi connectivity index (χ4n) is 6.14. The lowest BCUT2D eigenvalue weighted by molar-refractivity contribution is -0.113. The molecule has 0 spiro atoms. The van der Waals surface area contributed by atoms with Gasteiger partial charge in [-0.25, -0.2) is 9.59 Å². The van der Waals surface area contributed by atoms with Crippen molar-refractivity contribution < 1.29 is 14.6 Å². The molecule has 2 unspecified atom stereocenters. The highest BCUT2D eigenvalue weighted by molar-refractivity contribution is 5.07. The van der Waals surface area contributed by atoms with Crippen molar-refractivity contribution in [2.24, 2.45) is 22.1 Å². The van der Waals surface area contributed by atoms with E-state index in [1.807, 2.05) is 34.6 Å². The highest BCUT2D eigenvalue weighted by atomic mass is 16.5. The van der Waals surface area contributed by atoms with Crippen LogP contribution in [0.2, 0.25) is 0 Å². The Morgan fingerprint density at radius 3 is 1.50 bits per heavy atom. The number of nitrogens with one attached hydrogen (secondary N) is 2. The number of aromatic nitrogens is 4. The smallest absolute Gasteiger partial charge is 0.330 e. The molecule has 17 heteroatoms. The van der Waals surface area contributed by atoms with E-state index in [-0.39, 0.29) is 18.4 Å². The largest absolute Gasteiger partial charge is 0.393 e. The maximum absolute atomic E-state index is 12.1. The van der Waals surface area contributed by atoms with Gasteiger partial charge in [0.2, 0.25) is 0 Å². The number of ether oxygens (including phenoxy) is 2. The molecule has 0 radical (unpaired) electrons. The molecule has 4 rings (SSSR count). The lowest BCUT2D eigenvalue weighted by atomic mass is 9.82. The van der Waals surface area contributed by atoms with E-state index in [4.69, 9.17) is 20.5 Å². The first kappa shape index (κ1) is 34.4. The zero-order valence-corrected chi connectivity index (χ0v) is 25.9. The molecule has 2 aliphatic rings. The Bertz CT molecular complexity index is 1550. The molecule has 2 aliphatic heterocycles. The Hall–Kier alpha value is -4.14. The average molecular weight is 617 g/mol. The Morgan fingerprint density at radius 1 is 0.795 bits per heavy atom. The van der Waals surface area contributed by atoms with Gasteiger partial charge in [0.25, 0.3) is 11.1 Å². The number of aliphatic hydroxyl groups is 1. The van der Waals surface area contributed by atoms with Crippen molar-refractivity contribution in [3.63, 3.8) is 0 Å². The minimum atomic E-state index is -0.896. The summed E-state index contributed by atoms with van der Waals surface area (Å²) < 4.78 is 14.6. The second kappa shape index (κ2) is 13.7. The maximum Gasteiger partial charge on any atom is 0.330 e. The monoisotopic (exact) mass is 616 g/mol. The van der Waals surface area contributed by atoms with Gasteiger partial charge < -0.3 is 14.6 Å². The number of hydrogen-bond acceptors (Lipinski definition) is 9. The number of hydrogen-bond donors (Lipinski definition) is 3. The van der Waals surface area contributed by atoms with Crippen molar-refractivity contribution >= 4 is 0 Å². The summed E-state index contributed by atoms with van der Waals surface area (Å²) in [5.74, 6) is -0.329. The number of aromatic amines is 2. The summed E-state index contributed by atoms with van der Waals surface area (Å²) in [6, 6.07) is -1.17. The third kappa shape index (κ3) is 6.10. The third-order valence-corrected chi connectivity index (χ3v) is 9.25. The quantitative estimate of drug-likeness (QED) is 0.227. The topological polar surface area (TPSA) is 246 Å². The summed E-state index contributed by atoms with van der Waals surface area (Å²) in [5.41, 5.74) is 14.9. The van der Waals surface area contributed by atoms with Crippen LogP contribution in [-0.4, -0.2) is 54.1 Å². The van der Waals surface area contributed by atoms with E-state index in [1.165, 1.54) is 21.5 Å². The summed E-state index contributed by atoms with van der Waals surface area (Å²) in [7, 11) is 0. The maximum atomic E-state index is 12.1. The number of H-pyrrole nitrogens is 2. The van der Waals surface area contributed by atoms with Crippen LogP contribution < -0.4 is 22.5 Å². The van der Waals surface area contributed by atoms with Crippen LogP contribution in [0, 0.1) is 25.7 Å². The summed E-state index contributed by atoms with van der Waals surface area (Å²) in [6.45, 7) is 12.6. The molecule has 240 valence electrons. The van der Waals surface area contributed by atoms with Crippen LogP contribution in [0.25, 0.3) is 20.9 Å². The van der Waals surface area contributed by atoms with E-state index >= 15 is 0 Å².